The average Bonchev–Trinajstić information content (AvgIpc) is 3.27. The van der Waals surface area contributed by atoms with E-state index in [1.54, 1.807) is 31.6 Å². The number of halogens is 2. The van der Waals surface area contributed by atoms with Crippen LogP contribution in [0, 0.1) is 0 Å². The topological polar surface area (TPSA) is 51.6 Å². The molecule has 162 valence electrons. The van der Waals surface area contributed by atoms with Crippen molar-refractivity contribution < 1.29 is 14.6 Å². The maximum absolute atomic E-state index is 10.6. The summed E-state index contributed by atoms with van der Waals surface area (Å²) >= 11 is 13.0. The summed E-state index contributed by atoms with van der Waals surface area (Å²) in [4.78, 5) is 4.08. The molecule has 4 nitrogen and oxygen atoms in total. The van der Waals surface area contributed by atoms with Gasteiger partial charge in [-0.25, -0.2) is 0 Å². The van der Waals surface area contributed by atoms with E-state index in [2.05, 4.69) is 4.98 Å². The maximum Gasteiger partial charge on any atom is 0.161 e. The molecule has 1 N–H and O–H groups in total. The molecule has 1 saturated carbocycles. The van der Waals surface area contributed by atoms with Crippen LogP contribution in [-0.2, 0) is 6.42 Å². The van der Waals surface area contributed by atoms with Crippen molar-refractivity contribution in [1.82, 2.24) is 4.98 Å². The van der Waals surface area contributed by atoms with E-state index in [4.69, 9.17) is 32.7 Å². The Hall–Kier alpha value is -2.43. The van der Waals surface area contributed by atoms with Crippen LogP contribution in [0.5, 0.6) is 17.2 Å². The zero-order chi connectivity index (χ0) is 21.8. The number of phenols is 1. The van der Waals surface area contributed by atoms with E-state index in [1.807, 2.05) is 30.3 Å². The first-order valence-corrected chi connectivity index (χ1v) is 11.2. The molecule has 1 atom stereocenters. The van der Waals surface area contributed by atoms with Crippen LogP contribution in [0.2, 0.25) is 10.0 Å². The number of benzene rings is 2. The molecule has 4 rings (SSSR count). The summed E-state index contributed by atoms with van der Waals surface area (Å²) < 4.78 is 11.8. The van der Waals surface area contributed by atoms with Crippen LogP contribution >= 0.6 is 23.2 Å². The molecule has 3 aromatic rings. The summed E-state index contributed by atoms with van der Waals surface area (Å²) in [6.07, 6.45) is 8.49. The molecule has 1 aromatic heterocycles. The van der Waals surface area contributed by atoms with Crippen molar-refractivity contribution >= 4 is 23.2 Å². The predicted octanol–water partition coefficient (Wildman–Crippen LogP) is 6.80. The fraction of sp³-hybridized carbons (Fsp3) is 0.320. The van der Waals surface area contributed by atoms with Gasteiger partial charge in [-0.3, -0.25) is 4.98 Å². The van der Waals surface area contributed by atoms with Crippen LogP contribution in [0.4, 0.5) is 0 Å². The minimum Gasteiger partial charge on any atom is -0.508 e. The van der Waals surface area contributed by atoms with Gasteiger partial charge < -0.3 is 14.6 Å². The Morgan fingerprint density at radius 1 is 1.03 bits per heavy atom. The van der Waals surface area contributed by atoms with Crippen molar-refractivity contribution in [3.63, 3.8) is 0 Å². The summed E-state index contributed by atoms with van der Waals surface area (Å²) in [5.74, 6) is 1.41. The van der Waals surface area contributed by atoms with Gasteiger partial charge in [0, 0.05) is 29.4 Å². The summed E-state index contributed by atoms with van der Waals surface area (Å²) in [6, 6.07) is 13.2. The van der Waals surface area contributed by atoms with Gasteiger partial charge in [-0.15, -0.1) is 0 Å². The molecule has 31 heavy (non-hydrogen) atoms. The van der Waals surface area contributed by atoms with Crippen LogP contribution in [-0.4, -0.2) is 23.3 Å². The van der Waals surface area contributed by atoms with Gasteiger partial charge in [0.05, 0.1) is 23.3 Å². The fourth-order valence-corrected chi connectivity index (χ4v) is 4.89. The molecule has 1 aliphatic rings. The number of aromatic nitrogens is 1. The van der Waals surface area contributed by atoms with Gasteiger partial charge in [0.1, 0.15) is 5.75 Å². The van der Waals surface area contributed by atoms with Crippen molar-refractivity contribution in [2.45, 2.75) is 44.1 Å². The lowest BCUT2D eigenvalue weighted by Gasteiger charge is -2.22. The highest BCUT2D eigenvalue weighted by Gasteiger charge is 2.25. The number of ether oxygens (including phenoxy) is 2. The number of hydrogen-bond acceptors (Lipinski definition) is 4. The first kappa shape index (κ1) is 21.8. The highest BCUT2D eigenvalue weighted by atomic mass is 35.5. The zero-order valence-electron chi connectivity index (χ0n) is 17.4. The minimum atomic E-state index is -0.253. The third kappa shape index (κ3) is 4.91. The van der Waals surface area contributed by atoms with E-state index in [9.17, 15) is 5.11 Å². The Morgan fingerprint density at radius 2 is 1.74 bits per heavy atom. The Labute approximate surface area is 192 Å². The summed E-state index contributed by atoms with van der Waals surface area (Å²) in [5, 5.41) is 11.5. The second-order valence-electron chi connectivity index (χ2n) is 7.84. The lowest BCUT2D eigenvalue weighted by Crippen LogP contribution is -2.12. The largest absolute Gasteiger partial charge is 0.508 e. The monoisotopic (exact) mass is 457 g/mol. The second kappa shape index (κ2) is 9.80. The Balaban J connectivity index is 1.73. The first-order chi connectivity index (χ1) is 15.1. The predicted molar refractivity (Wildman–Crippen MR) is 124 cm³/mol. The third-order valence-corrected chi connectivity index (χ3v) is 6.42. The van der Waals surface area contributed by atoms with E-state index in [0.717, 1.165) is 41.0 Å². The van der Waals surface area contributed by atoms with Crippen molar-refractivity contribution in [2.24, 2.45) is 0 Å². The number of hydrogen-bond donors (Lipinski definition) is 1. The van der Waals surface area contributed by atoms with Gasteiger partial charge in [0.2, 0.25) is 0 Å². The van der Waals surface area contributed by atoms with Gasteiger partial charge in [0.15, 0.2) is 11.5 Å². The normalized spacial score (nSPS) is 15.1. The molecule has 0 aliphatic heterocycles. The lowest BCUT2D eigenvalue weighted by molar-refractivity contribution is 0.200. The number of methoxy groups -OCH3 is 1. The van der Waals surface area contributed by atoms with Gasteiger partial charge in [0.25, 0.3) is 0 Å². The van der Waals surface area contributed by atoms with E-state index in [1.165, 1.54) is 12.8 Å². The smallest absolute Gasteiger partial charge is 0.161 e. The Kier molecular flexibility index (Phi) is 6.89. The fourth-order valence-electron chi connectivity index (χ4n) is 4.27. The number of aromatic hydroxyl groups is 1. The standard InChI is InChI=1S/C25H25Cl2NO3/c1-30-23-11-10-16(13-24(23)31-17-6-2-3-7-17)12-19(18-8-4-5-9-22(18)29)25-20(26)14-28-15-21(25)27/h4-5,8-11,13-15,17,19,29H,2-3,6-7,12H2,1H3. The number of pyridine rings is 1. The summed E-state index contributed by atoms with van der Waals surface area (Å²) in [7, 11) is 1.65. The Bertz CT molecular complexity index is 1030. The number of nitrogens with zero attached hydrogens (tertiary/aromatic N) is 1. The lowest BCUT2D eigenvalue weighted by atomic mass is 9.85. The SMILES string of the molecule is COc1ccc(CC(c2ccccc2O)c2c(Cl)cncc2Cl)cc1OC1CCCC1. The van der Waals surface area contributed by atoms with E-state index >= 15 is 0 Å². The van der Waals surface area contributed by atoms with Crippen LogP contribution in [0.3, 0.4) is 0 Å². The van der Waals surface area contributed by atoms with Crippen LogP contribution in [0.25, 0.3) is 0 Å². The van der Waals surface area contributed by atoms with E-state index in [0.29, 0.717) is 16.5 Å². The van der Waals surface area contributed by atoms with Gasteiger partial charge in [-0.05, 0) is 55.9 Å². The highest BCUT2D eigenvalue weighted by molar-refractivity contribution is 6.35. The molecular weight excluding hydrogens is 433 g/mol. The van der Waals surface area contributed by atoms with Crippen molar-refractivity contribution in [2.75, 3.05) is 7.11 Å². The molecule has 2 aromatic carbocycles. The Morgan fingerprint density at radius 3 is 2.42 bits per heavy atom. The van der Waals surface area contributed by atoms with Gasteiger partial charge in [-0.1, -0.05) is 47.5 Å². The molecule has 6 heteroatoms. The molecule has 1 heterocycles. The highest BCUT2D eigenvalue weighted by Crippen LogP contribution is 2.41. The van der Waals surface area contributed by atoms with Crippen LogP contribution in [0.15, 0.2) is 54.9 Å². The molecule has 0 spiro atoms. The zero-order valence-corrected chi connectivity index (χ0v) is 18.9. The molecule has 1 unspecified atom stereocenters. The third-order valence-electron chi connectivity index (χ3n) is 5.81. The number of rotatable bonds is 7. The molecule has 0 amide bonds. The second-order valence-corrected chi connectivity index (χ2v) is 8.66. The van der Waals surface area contributed by atoms with E-state index in [-0.39, 0.29) is 17.8 Å². The first-order valence-electron chi connectivity index (χ1n) is 10.5. The van der Waals surface area contributed by atoms with Crippen LogP contribution < -0.4 is 9.47 Å². The van der Waals surface area contributed by atoms with Gasteiger partial charge in [-0.2, -0.15) is 0 Å². The number of para-hydroxylation sites is 1. The van der Waals surface area contributed by atoms with Crippen LogP contribution in [0.1, 0.15) is 48.3 Å². The van der Waals surface area contributed by atoms with Crippen molar-refractivity contribution in [3.8, 4) is 17.2 Å². The molecule has 0 saturated heterocycles. The maximum atomic E-state index is 10.6. The molecular formula is C25H25Cl2NO3. The summed E-state index contributed by atoms with van der Waals surface area (Å²) in [6.45, 7) is 0. The summed E-state index contributed by atoms with van der Waals surface area (Å²) in [5.41, 5.74) is 2.53. The van der Waals surface area contributed by atoms with Crippen molar-refractivity contribution in [3.05, 3.63) is 81.6 Å². The molecule has 1 aliphatic carbocycles. The number of phenolic OH excluding ortho intramolecular Hbond substituents is 1. The van der Waals surface area contributed by atoms with E-state index < -0.39 is 0 Å². The minimum absolute atomic E-state index is 0.201. The average molecular weight is 458 g/mol. The molecule has 0 bridgehead atoms. The quantitative estimate of drug-likeness (QED) is 0.423. The molecule has 0 radical (unpaired) electrons. The van der Waals surface area contributed by atoms with Gasteiger partial charge >= 0.3 is 0 Å². The molecule has 1 fully saturated rings. The van der Waals surface area contributed by atoms with Crippen molar-refractivity contribution in [1.29, 1.82) is 0 Å².